The summed E-state index contributed by atoms with van der Waals surface area (Å²) in [4.78, 5) is 26.3. The average molecular weight is 335 g/mol. The predicted molar refractivity (Wildman–Crippen MR) is 84.4 cm³/mol. The Morgan fingerprint density at radius 3 is 2.87 bits per heavy atom. The van der Waals surface area contributed by atoms with E-state index in [0.717, 1.165) is 0 Å². The Kier molecular flexibility index (Phi) is 3.92. The van der Waals surface area contributed by atoms with Crippen molar-refractivity contribution in [3.8, 4) is 0 Å². The van der Waals surface area contributed by atoms with Crippen LogP contribution in [0.25, 0.3) is 11.0 Å². The maximum atomic E-state index is 14.5. The number of ether oxygens (including phenoxy) is 1. The Hall–Kier alpha value is -2.60. The zero-order chi connectivity index (χ0) is 16.6. The first kappa shape index (κ1) is 15.3. The molecular formula is C16H12ClFN2O3. The molecule has 0 radical (unpaired) electrons. The standard InChI is InChI=1S/C16H12ClFN2O3/c1-23-15(21)11-4-2-3-9(14(11)18)8-20-13-6-5-10(17)7-12(13)19-16(20)22/h2-7H,8H2,1H3,(H,19,22). The molecule has 0 saturated heterocycles. The van der Waals surface area contributed by atoms with E-state index in [9.17, 15) is 14.0 Å². The van der Waals surface area contributed by atoms with Crippen LogP contribution in [0.2, 0.25) is 5.02 Å². The lowest BCUT2D eigenvalue weighted by molar-refractivity contribution is 0.0595. The molecule has 3 aromatic rings. The number of fused-ring (bicyclic) bond motifs is 1. The Morgan fingerprint density at radius 2 is 2.13 bits per heavy atom. The second kappa shape index (κ2) is 5.89. The molecular weight excluding hydrogens is 323 g/mol. The minimum Gasteiger partial charge on any atom is -0.465 e. The fraction of sp³-hybridized carbons (Fsp3) is 0.125. The highest BCUT2D eigenvalue weighted by molar-refractivity contribution is 6.31. The number of aromatic nitrogens is 2. The van der Waals surface area contributed by atoms with Crippen LogP contribution in [0.1, 0.15) is 15.9 Å². The van der Waals surface area contributed by atoms with Crippen molar-refractivity contribution < 1.29 is 13.9 Å². The van der Waals surface area contributed by atoms with Gasteiger partial charge in [-0.05, 0) is 24.3 Å². The van der Waals surface area contributed by atoms with Gasteiger partial charge in [-0.15, -0.1) is 0 Å². The first-order valence-corrected chi connectivity index (χ1v) is 7.13. The van der Waals surface area contributed by atoms with E-state index in [4.69, 9.17) is 11.6 Å². The van der Waals surface area contributed by atoms with Gasteiger partial charge in [-0.1, -0.05) is 23.7 Å². The van der Waals surface area contributed by atoms with Gasteiger partial charge in [0.15, 0.2) is 0 Å². The van der Waals surface area contributed by atoms with Gasteiger partial charge in [-0.3, -0.25) is 4.57 Å². The second-order valence-corrected chi connectivity index (χ2v) is 5.38. The molecule has 118 valence electrons. The van der Waals surface area contributed by atoms with Gasteiger partial charge >= 0.3 is 11.7 Å². The minimum atomic E-state index is -0.762. The average Bonchev–Trinajstić information content (AvgIpc) is 2.83. The maximum Gasteiger partial charge on any atom is 0.340 e. The molecule has 0 aliphatic heterocycles. The number of aromatic amines is 1. The summed E-state index contributed by atoms with van der Waals surface area (Å²) in [6, 6.07) is 9.34. The van der Waals surface area contributed by atoms with Gasteiger partial charge in [-0.2, -0.15) is 0 Å². The zero-order valence-electron chi connectivity index (χ0n) is 12.1. The molecule has 0 saturated carbocycles. The molecule has 0 aliphatic carbocycles. The summed E-state index contributed by atoms with van der Waals surface area (Å²) in [5.74, 6) is -1.46. The summed E-state index contributed by atoms with van der Waals surface area (Å²) in [5.41, 5.74) is 0.825. The van der Waals surface area contributed by atoms with E-state index in [1.807, 2.05) is 0 Å². The molecule has 0 aliphatic rings. The van der Waals surface area contributed by atoms with Crippen LogP contribution in [0.4, 0.5) is 4.39 Å². The van der Waals surface area contributed by atoms with E-state index in [0.29, 0.717) is 16.1 Å². The summed E-state index contributed by atoms with van der Waals surface area (Å²) in [6.45, 7) is -0.0167. The lowest BCUT2D eigenvalue weighted by Gasteiger charge is -2.08. The summed E-state index contributed by atoms with van der Waals surface area (Å²) in [7, 11) is 1.18. The molecule has 5 nitrogen and oxygen atoms in total. The van der Waals surface area contributed by atoms with Crippen molar-refractivity contribution >= 4 is 28.6 Å². The topological polar surface area (TPSA) is 64.1 Å². The fourth-order valence-electron chi connectivity index (χ4n) is 2.43. The Labute approximate surface area is 135 Å². The predicted octanol–water partition coefficient (Wildman–Crippen LogP) is 2.96. The Bertz CT molecular complexity index is 962. The van der Waals surface area contributed by atoms with Crippen molar-refractivity contribution in [3.63, 3.8) is 0 Å². The number of methoxy groups -OCH3 is 1. The first-order chi connectivity index (χ1) is 11.0. The number of esters is 1. The van der Waals surface area contributed by atoms with Crippen LogP contribution in [-0.4, -0.2) is 22.6 Å². The summed E-state index contributed by atoms with van der Waals surface area (Å²) in [5, 5.41) is 0.491. The smallest absolute Gasteiger partial charge is 0.340 e. The van der Waals surface area contributed by atoms with E-state index >= 15 is 0 Å². The van der Waals surface area contributed by atoms with Crippen molar-refractivity contribution in [3.05, 3.63) is 68.8 Å². The number of nitrogens with zero attached hydrogens (tertiary/aromatic N) is 1. The molecule has 0 fully saturated rings. The van der Waals surface area contributed by atoms with E-state index in [-0.39, 0.29) is 23.4 Å². The normalized spacial score (nSPS) is 10.9. The third-order valence-electron chi connectivity index (χ3n) is 3.55. The van der Waals surface area contributed by atoms with Gasteiger partial charge < -0.3 is 9.72 Å². The maximum absolute atomic E-state index is 14.5. The van der Waals surface area contributed by atoms with Crippen LogP contribution in [0.3, 0.4) is 0 Å². The van der Waals surface area contributed by atoms with Crippen molar-refractivity contribution in [2.75, 3.05) is 7.11 Å². The summed E-state index contributed by atoms with van der Waals surface area (Å²) in [6.07, 6.45) is 0. The minimum absolute atomic E-state index is 0.0167. The zero-order valence-corrected chi connectivity index (χ0v) is 12.9. The number of H-pyrrole nitrogens is 1. The number of carbonyl (C=O) groups is 1. The number of benzene rings is 2. The molecule has 1 aromatic heterocycles. The molecule has 1 N–H and O–H groups in total. The molecule has 3 rings (SSSR count). The fourth-order valence-corrected chi connectivity index (χ4v) is 2.60. The highest BCUT2D eigenvalue weighted by atomic mass is 35.5. The molecule has 0 unspecified atom stereocenters. The first-order valence-electron chi connectivity index (χ1n) is 6.75. The summed E-state index contributed by atoms with van der Waals surface area (Å²) < 4.78 is 20.4. The molecule has 7 heteroatoms. The van der Waals surface area contributed by atoms with Crippen LogP contribution in [-0.2, 0) is 11.3 Å². The van der Waals surface area contributed by atoms with Crippen molar-refractivity contribution in [1.29, 1.82) is 0 Å². The van der Waals surface area contributed by atoms with Gasteiger partial charge in [-0.25, -0.2) is 14.0 Å². The van der Waals surface area contributed by atoms with Crippen LogP contribution < -0.4 is 5.69 Å². The van der Waals surface area contributed by atoms with Crippen LogP contribution >= 0.6 is 11.6 Å². The molecule has 2 aromatic carbocycles. The van der Waals surface area contributed by atoms with Gasteiger partial charge in [0.1, 0.15) is 5.82 Å². The number of nitrogens with one attached hydrogen (secondary N) is 1. The number of hydrogen-bond acceptors (Lipinski definition) is 3. The van der Waals surface area contributed by atoms with Crippen molar-refractivity contribution in [2.24, 2.45) is 0 Å². The molecule has 1 heterocycles. The third kappa shape index (κ3) is 2.73. The van der Waals surface area contributed by atoms with E-state index in [2.05, 4.69) is 9.72 Å². The molecule has 0 atom stereocenters. The van der Waals surface area contributed by atoms with E-state index in [1.165, 1.54) is 23.8 Å². The van der Waals surface area contributed by atoms with Gasteiger partial charge in [0.05, 0.1) is 30.3 Å². The number of rotatable bonds is 3. The van der Waals surface area contributed by atoms with Gasteiger partial charge in [0.2, 0.25) is 0 Å². The monoisotopic (exact) mass is 334 g/mol. The molecule has 0 bridgehead atoms. The van der Waals surface area contributed by atoms with Gasteiger partial charge in [0, 0.05) is 10.6 Å². The van der Waals surface area contributed by atoms with Crippen LogP contribution in [0.15, 0.2) is 41.2 Å². The Morgan fingerprint density at radius 1 is 1.35 bits per heavy atom. The third-order valence-corrected chi connectivity index (χ3v) is 3.78. The van der Waals surface area contributed by atoms with Gasteiger partial charge in [0.25, 0.3) is 0 Å². The highest BCUT2D eigenvalue weighted by Crippen LogP contribution is 2.19. The number of imidazole rings is 1. The number of carbonyl (C=O) groups excluding carboxylic acids is 1. The second-order valence-electron chi connectivity index (χ2n) is 4.95. The summed E-state index contributed by atoms with van der Waals surface area (Å²) >= 11 is 5.89. The van der Waals surface area contributed by atoms with Crippen LogP contribution in [0, 0.1) is 5.82 Å². The number of hydrogen-bond donors (Lipinski definition) is 1. The largest absolute Gasteiger partial charge is 0.465 e. The lowest BCUT2D eigenvalue weighted by atomic mass is 10.1. The van der Waals surface area contributed by atoms with E-state index in [1.54, 1.807) is 24.3 Å². The quantitative estimate of drug-likeness (QED) is 0.749. The number of halogens is 2. The SMILES string of the molecule is COC(=O)c1cccc(Cn2c(=O)[nH]c3cc(Cl)ccc32)c1F. The highest BCUT2D eigenvalue weighted by Gasteiger charge is 2.17. The lowest BCUT2D eigenvalue weighted by Crippen LogP contribution is -2.18. The van der Waals surface area contributed by atoms with Crippen molar-refractivity contribution in [1.82, 2.24) is 9.55 Å². The van der Waals surface area contributed by atoms with E-state index < -0.39 is 11.8 Å². The Balaban J connectivity index is 2.08. The van der Waals surface area contributed by atoms with Crippen molar-refractivity contribution in [2.45, 2.75) is 6.54 Å². The molecule has 0 amide bonds. The molecule has 0 spiro atoms. The molecule has 23 heavy (non-hydrogen) atoms. The van der Waals surface area contributed by atoms with Crippen LogP contribution in [0.5, 0.6) is 0 Å².